The first-order chi connectivity index (χ1) is 12.0. The molecule has 2 aromatic rings. The molecule has 1 aromatic heterocycles. The number of pyridine rings is 1. The predicted molar refractivity (Wildman–Crippen MR) is 96.9 cm³/mol. The van der Waals surface area contributed by atoms with Gasteiger partial charge in [0.05, 0.1) is 12.2 Å². The summed E-state index contributed by atoms with van der Waals surface area (Å²) in [4.78, 5) is 13.1. The number of hydrogen-bond acceptors (Lipinski definition) is 4. The van der Waals surface area contributed by atoms with Gasteiger partial charge in [0.2, 0.25) is 6.54 Å². The summed E-state index contributed by atoms with van der Waals surface area (Å²) in [5, 5.41) is 19.3. The number of hydrogen-bond donors (Lipinski definition) is 2. The van der Waals surface area contributed by atoms with Crippen molar-refractivity contribution in [3.63, 3.8) is 0 Å². The zero-order chi connectivity index (χ0) is 17.8. The minimum absolute atomic E-state index is 0.131. The number of ketones is 1. The molecule has 0 saturated carbocycles. The van der Waals surface area contributed by atoms with Crippen molar-refractivity contribution < 1.29 is 19.6 Å². The van der Waals surface area contributed by atoms with Crippen LogP contribution in [-0.4, -0.2) is 41.3 Å². The second kappa shape index (κ2) is 7.59. The van der Waals surface area contributed by atoms with Crippen molar-refractivity contribution in [1.29, 1.82) is 0 Å². The number of Topliss-reactive ketones (excluding diaryl/α,β-unsaturated/α-hetero) is 1. The summed E-state index contributed by atoms with van der Waals surface area (Å²) in [6, 6.07) is 12.0. The van der Waals surface area contributed by atoms with E-state index in [4.69, 9.17) is 0 Å². The van der Waals surface area contributed by atoms with Gasteiger partial charge in [0.15, 0.2) is 18.2 Å². The van der Waals surface area contributed by atoms with E-state index in [0.717, 1.165) is 16.8 Å². The van der Waals surface area contributed by atoms with Gasteiger partial charge >= 0.3 is 0 Å². The van der Waals surface area contributed by atoms with Crippen LogP contribution in [0.2, 0.25) is 0 Å². The van der Waals surface area contributed by atoms with Crippen LogP contribution in [0.3, 0.4) is 0 Å². The molecule has 0 radical (unpaired) electrons. The molecule has 2 unspecified atom stereocenters. The van der Waals surface area contributed by atoms with Crippen LogP contribution in [-0.2, 0) is 11.3 Å². The zero-order valence-corrected chi connectivity index (χ0v) is 14.2. The third kappa shape index (κ3) is 4.53. The quantitative estimate of drug-likeness (QED) is 0.806. The topological polar surface area (TPSA) is 64.7 Å². The van der Waals surface area contributed by atoms with Gasteiger partial charge < -0.3 is 15.1 Å². The molecular formula is C20H23N2O3+. The molecule has 2 N–H and O–H groups in total. The van der Waals surface area contributed by atoms with Gasteiger partial charge in [-0.2, -0.15) is 4.57 Å². The lowest BCUT2D eigenvalue weighted by Gasteiger charge is -2.17. The van der Waals surface area contributed by atoms with Crippen LogP contribution >= 0.6 is 0 Å². The van der Waals surface area contributed by atoms with Crippen molar-refractivity contribution >= 4 is 23.6 Å². The Balaban J connectivity index is 1.63. The molecule has 1 aliphatic rings. The van der Waals surface area contributed by atoms with E-state index in [1.54, 1.807) is 6.92 Å². The molecule has 5 nitrogen and oxygen atoms in total. The monoisotopic (exact) mass is 339 g/mol. The lowest BCUT2D eigenvalue weighted by atomic mass is 10.1. The van der Waals surface area contributed by atoms with Gasteiger partial charge in [-0.05, 0) is 23.3 Å². The van der Waals surface area contributed by atoms with E-state index in [-0.39, 0.29) is 5.78 Å². The number of β-amino-alcohol motifs (C(OH)–C–C–N with tert-alkyl or cyclic N) is 2. The average Bonchev–Trinajstić information content (AvgIpc) is 2.93. The van der Waals surface area contributed by atoms with Gasteiger partial charge in [-0.3, -0.25) is 4.79 Å². The molecule has 1 aromatic carbocycles. The van der Waals surface area contributed by atoms with E-state index in [0.29, 0.717) is 19.6 Å². The number of anilines is 1. The second-order valence-electron chi connectivity index (χ2n) is 6.47. The van der Waals surface area contributed by atoms with E-state index in [1.807, 2.05) is 70.4 Å². The lowest BCUT2D eigenvalue weighted by molar-refractivity contribution is -0.684. The van der Waals surface area contributed by atoms with Crippen molar-refractivity contribution in [2.24, 2.45) is 0 Å². The van der Waals surface area contributed by atoms with Crippen LogP contribution in [0.15, 0.2) is 48.8 Å². The van der Waals surface area contributed by atoms with Crippen LogP contribution in [0.1, 0.15) is 18.1 Å². The SMILES string of the molecule is CC(=O)C[n+]1ccc(/C=C/c2ccc(N3CC(O)C(O)C3)cc2)cc1. The number of carbonyl (C=O) groups excluding carboxylic acids is 1. The maximum Gasteiger partial charge on any atom is 0.206 e. The van der Waals surface area contributed by atoms with Crippen molar-refractivity contribution in [1.82, 2.24) is 0 Å². The summed E-state index contributed by atoms with van der Waals surface area (Å²) in [5.74, 6) is 0.131. The fourth-order valence-electron chi connectivity index (χ4n) is 2.91. The molecule has 1 saturated heterocycles. The van der Waals surface area contributed by atoms with Gasteiger partial charge in [-0.15, -0.1) is 0 Å². The molecule has 25 heavy (non-hydrogen) atoms. The minimum Gasteiger partial charge on any atom is -0.389 e. The summed E-state index contributed by atoms with van der Waals surface area (Å²) in [6.07, 6.45) is 6.49. The Morgan fingerprint density at radius 3 is 2.08 bits per heavy atom. The maximum atomic E-state index is 11.1. The second-order valence-corrected chi connectivity index (χ2v) is 6.47. The van der Waals surface area contributed by atoms with Crippen molar-refractivity contribution in [3.8, 4) is 0 Å². The zero-order valence-electron chi connectivity index (χ0n) is 14.2. The summed E-state index contributed by atoms with van der Waals surface area (Å²) in [6.45, 7) is 2.89. The first-order valence-corrected chi connectivity index (χ1v) is 8.39. The highest BCUT2D eigenvalue weighted by Gasteiger charge is 2.29. The molecule has 0 amide bonds. The molecular weight excluding hydrogens is 316 g/mol. The predicted octanol–water partition coefficient (Wildman–Crippen LogP) is 1.28. The molecule has 2 atom stereocenters. The van der Waals surface area contributed by atoms with E-state index in [1.165, 1.54) is 0 Å². The standard InChI is InChI=1S/C20H23N2O3/c1-15(23)12-21-10-8-17(9-11-21)3-2-16-4-6-18(7-5-16)22-13-19(24)20(25)14-22/h2-11,19-20,24-25H,12-14H2,1H3/q+1. The number of aliphatic hydroxyl groups excluding tert-OH is 2. The molecule has 1 fully saturated rings. The van der Waals surface area contributed by atoms with Crippen molar-refractivity contribution in [2.75, 3.05) is 18.0 Å². The molecule has 3 rings (SSSR count). The maximum absolute atomic E-state index is 11.1. The van der Waals surface area contributed by atoms with E-state index in [9.17, 15) is 15.0 Å². The summed E-state index contributed by atoms with van der Waals surface area (Å²) >= 11 is 0. The number of nitrogens with zero attached hydrogens (tertiary/aromatic N) is 2. The van der Waals surface area contributed by atoms with Gasteiger partial charge in [0.1, 0.15) is 0 Å². The normalized spacial score (nSPS) is 20.4. The highest BCUT2D eigenvalue weighted by Crippen LogP contribution is 2.21. The van der Waals surface area contributed by atoms with Gasteiger partial charge in [0, 0.05) is 37.8 Å². The molecule has 1 aliphatic heterocycles. The smallest absolute Gasteiger partial charge is 0.206 e. The van der Waals surface area contributed by atoms with Crippen LogP contribution in [0, 0.1) is 0 Å². The third-order valence-electron chi connectivity index (χ3n) is 4.31. The molecule has 0 bridgehead atoms. The number of benzene rings is 1. The Morgan fingerprint density at radius 2 is 1.56 bits per heavy atom. The summed E-state index contributed by atoms with van der Waals surface area (Å²) in [5.41, 5.74) is 3.14. The number of rotatable bonds is 5. The van der Waals surface area contributed by atoms with E-state index in [2.05, 4.69) is 0 Å². The molecule has 0 spiro atoms. The average molecular weight is 339 g/mol. The van der Waals surface area contributed by atoms with Crippen LogP contribution in [0.5, 0.6) is 0 Å². The van der Waals surface area contributed by atoms with E-state index >= 15 is 0 Å². The number of aromatic nitrogens is 1. The molecule has 130 valence electrons. The van der Waals surface area contributed by atoms with Crippen LogP contribution < -0.4 is 9.47 Å². The largest absolute Gasteiger partial charge is 0.389 e. The van der Waals surface area contributed by atoms with Gasteiger partial charge in [-0.1, -0.05) is 24.3 Å². The minimum atomic E-state index is -0.677. The first kappa shape index (κ1) is 17.3. The molecule has 2 heterocycles. The Morgan fingerprint density at radius 1 is 1.04 bits per heavy atom. The summed E-state index contributed by atoms with van der Waals surface area (Å²) < 4.78 is 1.85. The third-order valence-corrected chi connectivity index (χ3v) is 4.31. The Labute approximate surface area is 147 Å². The highest BCUT2D eigenvalue weighted by molar-refractivity contribution is 5.74. The van der Waals surface area contributed by atoms with Crippen LogP contribution in [0.25, 0.3) is 12.2 Å². The van der Waals surface area contributed by atoms with Gasteiger partial charge in [-0.25, -0.2) is 0 Å². The fourth-order valence-corrected chi connectivity index (χ4v) is 2.91. The van der Waals surface area contributed by atoms with Crippen LogP contribution in [0.4, 0.5) is 5.69 Å². The van der Waals surface area contributed by atoms with Gasteiger partial charge in [0.25, 0.3) is 0 Å². The summed E-state index contributed by atoms with van der Waals surface area (Å²) in [7, 11) is 0. The molecule has 0 aliphatic carbocycles. The van der Waals surface area contributed by atoms with Crippen molar-refractivity contribution in [2.45, 2.75) is 25.7 Å². The fraction of sp³-hybridized carbons (Fsp3) is 0.300. The number of aliphatic hydroxyl groups is 2. The number of carbonyl (C=O) groups is 1. The first-order valence-electron chi connectivity index (χ1n) is 8.39. The Bertz CT molecular complexity index is 744. The molecule has 5 heteroatoms. The van der Waals surface area contributed by atoms with E-state index < -0.39 is 12.2 Å². The lowest BCUT2D eigenvalue weighted by Crippen LogP contribution is -2.36. The Hall–Kier alpha value is -2.50. The highest BCUT2D eigenvalue weighted by atomic mass is 16.3. The Kier molecular flexibility index (Phi) is 5.26. The van der Waals surface area contributed by atoms with Crippen molar-refractivity contribution in [3.05, 3.63) is 59.9 Å².